The van der Waals surface area contributed by atoms with Crippen LogP contribution >= 0.6 is 27.5 Å². The van der Waals surface area contributed by atoms with Crippen LogP contribution in [0.5, 0.6) is 0 Å². The first kappa shape index (κ1) is 9.85. The molecule has 4 nitrogen and oxygen atoms in total. The van der Waals surface area contributed by atoms with Gasteiger partial charge in [-0.25, -0.2) is 5.43 Å². The second-order valence-corrected chi connectivity index (χ2v) is 4.06. The highest BCUT2D eigenvalue weighted by molar-refractivity contribution is 9.10. The Bertz CT molecular complexity index is 400. The highest BCUT2D eigenvalue weighted by atomic mass is 79.9. The van der Waals surface area contributed by atoms with Gasteiger partial charge in [-0.3, -0.25) is 5.84 Å². The summed E-state index contributed by atoms with van der Waals surface area (Å²) in [4.78, 5) is 0. The van der Waals surface area contributed by atoms with Gasteiger partial charge in [0.2, 0.25) is 0 Å². The SMILES string of the molecule is NNC(c1ccsn1)c1ccoc1Br. The molecule has 3 N–H and O–H groups in total. The van der Waals surface area contributed by atoms with E-state index in [-0.39, 0.29) is 6.04 Å². The lowest BCUT2D eigenvalue weighted by Crippen LogP contribution is -2.28. The molecule has 74 valence electrons. The van der Waals surface area contributed by atoms with Crippen LogP contribution in [-0.2, 0) is 0 Å². The number of nitrogens with zero attached hydrogens (tertiary/aromatic N) is 1. The zero-order chi connectivity index (χ0) is 9.97. The number of hydrogen-bond donors (Lipinski definition) is 2. The summed E-state index contributed by atoms with van der Waals surface area (Å²) in [6, 6.07) is 3.65. The quantitative estimate of drug-likeness (QED) is 0.664. The zero-order valence-electron chi connectivity index (χ0n) is 7.11. The molecule has 6 heteroatoms. The van der Waals surface area contributed by atoms with Crippen molar-refractivity contribution in [3.63, 3.8) is 0 Å². The Morgan fingerprint density at radius 3 is 2.93 bits per heavy atom. The number of nitrogens with two attached hydrogens (primary N) is 1. The highest BCUT2D eigenvalue weighted by Gasteiger charge is 2.18. The van der Waals surface area contributed by atoms with Crippen molar-refractivity contribution in [1.29, 1.82) is 0 Å². The van der Waals surface area contributed by atoms with Gasteiger partial charge in [-0.1, -0.05) is 0 Å². The normalized spacial score (nSPS) is 13.0. The molecule has 2 aromatic rings. The molecule has 0 aliphatic carbocycles. The first-order chi connectivity index (χ1) is 6.83. The summed E-state index contributed by atoms with van der Waals surface area (Å²) >= 11 is 4.70. The van der Waals surface area contributed by atoms with Gasteiger partial charge >= 0.3 is 0 Å². The topological polar surface area (TPSA) is 64.1 Å². The fraction of sp³-hybridized carbons (Fsp3) is 0.125. The van der Waals surface area contributed by atoms with Crippen molar-refractivity contribution in [2.75, 3.05) is 0 Å². The molecule has 0 saturated heterocycles. The number of nitrogens with one attached hydrogen (secondary N) is 1. The molecule has 0 aromatic carbocycles. The number of aromatic nitrogens is 1. The minimum absolute atomic E-state index is 0.130. The summed E-state index contributed by atoms with van der Waals surface area (Å²) in [5.74, 6) is 5.48. The highest BCUT2D eigenvalue weighted by Crippen LogP contribution is 2.28. The Morgan fingerprint density at radius 2 is 2.43 bits per heavy atom. The summed E-state index contributed by atoms with van der Waals surface area (Å²) in [6.07, 6.45) is 1.61. The van der Waals surface area contributed by atoms with Crippen LogP contribution in [0, 0.1) is 0 Å². The van der Waals surface area contributed by atoms with Gasteiger partial charge in [0, 0.05) is 10.9 Å². The van der Waals surface area contributed by atoms with Gasteiger partial charge in [-0.15, -0.1) is 0 Å². The molecule has 0 aliphatic heterocycles. The third-order valence-corrected chi connectivity index (χ3v) is 3.10. The monoisotopic (exact) mass is 273 g/mol. The number of halogens is 1. The molecule has 0 fully saturated rings. The van der Waals surface area contributed by atoms with Gasteiger partial charge in [0.15, 0.2) is 4.67 Å². The molecule has 1 atom stereocenters. The Balaban J connectivity index is 2.36. The van der Waals surface area contributed by atoms with E-state index >= 15 is 0 Å². The van der Waals surface area contributed by atoms with Crippen LogP contribution in [-0.4, -0.2) is 4.37 Å². The lowest BCUT2D eigenvalue weighted by atomic mass is 10.1. The van der Waals surface area contributed by atoms with E-state index in [1.54, 1.807) is 6.26 Å². The van der Waals surface area contributed by atoms with Crippen LogP contribution in [0.1, 0.15) is 17.3 Å². The number of rotatable bonds is 3. The van der Waals surface area contributed by atoms with E-state index in [0.29, 0.717) is 4.67 Å². The van der Waals surface area contributed by atoms with Crippen molar-refractivity contribution in [2.45, 2.75) is 6.04 Å². The van der Waals surface area contributed by atoms with E-state index in [2.05, 4.69) is 25.7 Å². The smallest absolute Gasteiger partial charge is 0.174 e. The summed E-state index contributed by atoms with van der Waals surface area (Å²) in [5.41, 5.74) is 4.53. The van der Waals surface area contributed by atoms with Crippen LogP contribution < -0.4 is 11.3 Å². The maximum atomic E-state index is 5.48. The van der Waals surface area contributed by atoms with E-state index in [1.165, 1.54) is 11.5 Å². The number of hydrazine groups is 1. The van der Waals surface area contributed by atoms with Gasteiger partial charge in [-0.2, -0.15) is 4.37 Å². The summed E-state index contributed by atoms with van der Waals surface area (Å²) in [5, 5.41) is 1.91. The standard InChI is InChI=1S/C8H8BrN3OS/c9-8-5(1-3-13-8)7(11-10)6-2-4-14-12-6/h1-4,7,11H,10H2. The molecule has 0 aliphatic rings. The summed E-state index contributed by atoms with van der Waals surface area (Å²) < 4.78 is 10.0. The maximum Gasteiger partial charge on any atom is 0.174 e. The van der Waals surface area contributed by atoms with E-state index in [1.807, 2.05) is 17.5 Å². The predicted molar refractivity (Wildman–Crippen MR) is 57.7 cm³/mol. The molecule has 2 rings (SSSR count). The van der Waals surface area contributed by atoms with E-state index in [9.17, 15) is 0 Å². The molecule has 0 saturated carbocycles. The average molecular weight is 274 g/mol. The van der Waals surface area contributed by atoms with Gasteiger partial charge < -0.3 is 4.42 Å². The molecule has 0 bridgehead atoms. The van der Waals surface area contributed by atoms with Crippen LogP contribution in [0.3, 0.4) is 0 Å². The Kier molecular flexibility index (Phi) is 2.97. The third kappa shape index (κ3) is 1.74. The fourth-order valence-electron chi connectivity index (χ4n) is 1.22. The first-order valence-corrected chi connectivity index (χ1v) is 5.55. The molecule has 0 amide bonds. The molecule has 0 spiro atoms. The van der Waals surface area contributed by atoms with Crippen LogP contribution in [0.15, 0.2) is 32.9 Å². The predicted octanol–water partition coefficient (Wildman–Crippen LogP) is 2.05. The molecule has 14 heavy (non-hydrogen) atoms. The molecule has 2 heterocycles. The Labute approximate surface area is 93.4 Å². The van der Waals surface area contributed by atoms with E-state index in [4.69, 9.17) is 10.3 Å². The lowest BCUT2D eigenvalue weighted by Gasteiger charge is -2.11. The van der Waals surface area contributed by atoms with Gasteiger partial charge in [0.25, 0.3) is 0 Å². The lowest BCUT2D eigenvalue weighted by molar-refractivity contribution is 0.525. The third-order valence-electron chi connectivity index (χ3n) is 1.88. The molecular formula is C8H8BrN3OS. The fourth-order valence-corrected chi connectivity index (χ4v) is 2.23. The summed E-state index contributed by atoms with van der Waals surface area (Å²) in [7, 11) is 0. The van der Waals surface area contributed by atoms with Crippen molar-refractivity contribution in [3.05, 3.63) is 39.7 Å². The molecular weight excluding hydrogens is 266 g/mol. The van der Waals surface area contributed by atoms with Crippen LogP contribution in [0.25, 0.3) is 0 Å². The van der Waals surface area contributed by atoms with Crippen molar-refractivity contribution >= 4 is 27.5 Å². The number of furan rings is 1. The van der Waals surface area contributed by atoms with Crippen molar-refractivity contribution < 1.29 is 4.42 Å². The molecule has 2 aromatic heterocycles. The van der Waals surface area contributed by atoms with Gasteiger partial charge in [0.05, 0.1) is 18.0 Å². The Hall–Kier alpha value is -0.690. The van der Waals surface area contributed by atoms with Crippen LogP contribution in [0.4, 0.5) is 0 Å². The van der Waals surface area contributed by atoms with Crippen molar-refractivity contribution in [2.24, 2.45) is 5.84 Å². The van der Waals surface area contributed by atoms with E-state index in [0.717, 1.165) is 11.3 Å². The number of hydrogen-bond acceptors (Lipinski definition) is 5. The minimum atomic E-state index is -0.130. The van der Waals surface area contributed by atoms with Crippen LogP contribution in [0.2, 0.25) is 0 Å². The Morgan fingerprint density at radius 1 is 1.57 bits per heavy atom. The van der Waals surface area contributed by atoms with Gasteiger partial charge in [-0.05, 0) is 39.6 Å². The molecule has 1 unspecified atom stereocenters. The van der Waals surface area contributed by atoms with Crippen molar-refractivity contribution in [1.82, 2.24) is 9.80 Å². The second-order valence-electron chi connectivity index (χ2n) is 2.67. The van der Waals surface area contributed by atoms with Crippen molar-refractivity contribution in [3.8, 4) is 0 Å². The summed E-state index contributed by atoms with van der Waals surface area (Å²) in [6.45, 7) is 0. The van der Waals surface area contributed by atoms with E-state index < -0.39 is 0 Å². The maximum absolute atomic E-state index is 5.48. The minimum Gasteiger partial charge on any atom is -0.457 e. The largest absolute Gasteiger partial charge is 0.457 e. The van der Waals surface area contributed by atoms with Gasteiger partial charge in [0.1, 0.15) is 0 Å². The second kappa shape index (κ2) is 4.22. The first-order valence-electron chi connectivity index (χ1n) is 3.92. The average Bonchev–Trinajstić information content (AvgIpc) is 2.80. The molecule has 0 radical (unpaired) electrons. The zero-order valence-corrected chi connectivity index (χ0v) is 9.51.